The SMILES string of the molecule is O=C(O)c1ccc(C(=O)NCCCN2CCOCC2)s1. The first-order chi connectivity index (χ1) is 9.66. The van der Waals surface area contributed by atoms with E-state index in [0.717, 1.165) is 50.6 Å². The van der Waals surface area contributed by atoms with Gasteiger partial charge in [-0.1, -0.05) is 0 Å². The largest absolute Gasteiger partial charge is 0.477 e. The Labute approximate surface area is 121 Å². The number of ether oxygens (including phenoxy) is 1. The van der Waals surface area contributed by atoms with E-state index in [2.05, 4.69) is 10.2 Å². The lowest BCUT2D eigenvalue weighted by Crippen LogP contribution is -2.38. The molecule has 0 unspecified atom stereocenters. The molecular formula is C13H18N2O4S. The van der Waals surface area contributed by atoms with Crippen molar-refractivity contribution >= 4 is 23.2 Å². The molecule has 1 aliphatic rings. The van der Waals surface area contributed by atoms with E-state index in [4.69, 9.17) is 9.84 Å². The molecule has 0 saturated carbocycles. The Hall–Kier alpha value is -1.44. The summed E-state index contributed by atoms with van der Waals surface area (Å²) in [4.78, 5) is 25.5. The molecular weight excluding hydrogens is 280 g/mol. The number of hydrogen-bond acceptors (Lipinski definition) is 5. The van der Waals surface area contributed by atoms with E-state index < -0.39 is 5.97 Å². The van der Waals surface area contributed by atoms with Crippen molar-refractivity contribution < 1.29 is 19.4 Å². The van der Waals surface area contributed by atoms with Crippen molar-refractivity contribution in [2.75, 3.05) is 39.4 Å². The van der Waals surface area contributed by atoms with Gasteiger partial charge < -0.3 is 15.2 Å². The summed E-state index contributed by atoms with van der Waals surface area (Å²) < 4.78 is 5.27. The Bertz CT molecular complexity index is 469. The van der Waals surface area contributed by atoms with Gasteiger partial charge in [-0.15, -0.1) is 11.3 Å². The van der Waals surface area contributed by atoms with Crippen LogP contribution in [0.1, 0.15) is 25.8 Å². The Morgan fingerprint density at radius 1 is 1.30 bits per heavy atom. The molecule has 1 aromatic heterocycles. The molecule has 2 rings (SSSR count). The average molecular weight is 298 g/mol. The molecule has 1 aromatic rings. The van der Waals surface area contributed by atoms with Gasteiger partial charge in [0.2, 0.25) is 0 Å². The molecule has 0 aromatic carbocycles. The van der Waals surface area contributed by atoms with Crippen LogP contribution in [0.5, 0.6) is 0 Å². The number of nitrogens with one attached hydrogen (secondary N) is 1. The van der Waals surface area contributed by atoms with E-state index in [9.17, 15) is 9.59 Å². The van der Waals surface area contributed by atoms with Gasteiger partial charge in [-0.2, -0.15) is 0 Å². The highest BCUT2D eigenvalue weighted by Gasteiger charge is 2.13. The number of aromatic carboxylic acids is 1. The van der Waals surface area contributed by atoms with Gasteiger partial charge >= 0.3 is 5.97 Å². The molecule has 0 spiro atoms. The van der Waals surface area contributed by atoms with Gasteiger partial charge in [0, 0.05) is 19.6 Å². The number of rotatable bonds is 6. The zero-order chi connectivity index (χ0) is 14.4. The highest BCUT2D eigenvalue weighted by Crippen LogP contribution is 2.16. The third-order valence-electron chi connectivity index (χ3n) is 3.08. The Kier molecular flexibility index (Phi) is 5.51. The van der Waals surface area contributed by atoms with Crippen molar-refractivity contribution in [3.8, 4) is 0 Å². The quantitative estimate of drug-likeness (QED) is 0.763. The molecule has 0 bridgehead atoms. The van der Waals surface area contributed by atoms with Crippen LogP contribution in [0.25, 0.3) is 0 Å². The fourth-order valence-electron chi connectivity index (χ4n) is 1.99. The highest BCUT2D eigenvalue weighted by molar-refractivity contribution is 7.15. The number of carbonyl (C=O) groups is 2. The van der Waals surface area contributed by atoms with Crippen LogP contribution < -0.4 is 5.32 Å². The first-order valence-electron chi connectivity index (χ1n) is 6.58. The number of amides is 1. The maximum absolute atomic E-state index is 11.8. The number of morpholine rings is 1. The molecule has 7 heteroatoms. The van der Waals surface area contributed by atoms with Gasteiger partial charge in [0.1, 0.15) is 4.88 Å². The molecule has 110 valence electrons. The van der Waals surface area contributed by atoms with Crippen LogP contribution in [-0.2, 0) is 4.74 Å². The first-order valence-corrected chi connectivity index (χ1v) is 7.40. The third kappa shape index (κ3) is 4.29. The van der Waals surface area contributed by atoms with E-state index >= 15 is 0 Å². The second kappa shape index (κ2) is 7.37. The molecule has 2 heterocycles. The molecule has 1 amide bonds. The minimum Gasteiger partial charge on any atom is -0.477 e. The van der Waals surface area contributed by atoms with Crippen molar-refractivity contribution in [3.05, 3.63) is 21.9 Å². The number of thiophene rings is 1. The van der Waals surface area contributed by atoms with Crippen LogP contribution in [0.4, 0.5) is 0 Å². The predicted octanol–water partition coefficient (Wildman–Crippen LogP) is 0.898. The topological polar surface area (TPSA) is 78.9 Å². The van der Waals surface area contributed by atoms with E-state index in [-0.39, 0.29) is 10.8 Å². The normalized spacial score (nSPS) is 16.0. The van der Waals surface area contributed by atoms with Crippen molar-refractivity contribution in [1.82, 2.24) is 10.2 Å². The Morgan fingerprint density at radius 3 is 2.65 bits per heavy atom. The summed E-state index contributed by atoms with van der Waals surface area (Å²) >= 11 is 0.997. The fourth-order valence-corrected chi connectivity index (χ4v) is 2.75. The molecule has 6 nitrogen and oxygen atoms in total. The number of carboxylic acids is 1. The van der Waals surface area contributed by atoms with Crippen molar-refractivity contribution in [2.45, 2.75) is 6.42 Å². The zero-order valence-electron chi connectivity index (χ0n) is 11.1. The zero-order valence-corrected chi connectivity index (χ0v) is 11.9. The predicted molar refractivity (Wildman–Crippen MR) is 75.5 cm³/mol. The molecule has 0 aliphatic carbocycles. The van der Waals surface area contributed by atoms with Gasteiger partial charge in [0.25, 0.3) is 5.91 Å². The second-order valence-corrected chi connectivity index (χ2v) is 5.62. The number of nitrogens with zero attached hydrogens (tertiary/aromatic N) is 1. The Balaban J connectivity index is 1.67. The van der Waals surface area contributed by atoms with E-state index in [1.165, 1.54) is 6.07 Å². The van der Waals surface area contributed by atoms with Gasteiger partial charge in [-0.3, -0.25) is 9.69 Å². The molecule has 2 N–H and O–H groups in total. The number of carboxylic acid groups (broad SMARTS) is 1. The molecule has 1 saturated heterocycles. The van der Waals surface area contributed by atoms with Gasteiger partial charge in [-0.05, 0) is 25.1 Å². The molecule has 1 fully saturated rings. The summed E-state index contributed by atoms with van der Waals surface area (Å²) in [7, 11) is 0. The molecule has 20 heavy (non-hydrogen) atoms. The standard InChI is InChI=1S/C13H18N2O4S/c16-12(10-2-3-11(20-10)13(17)18)14-4-1-5-15-6-8-19-9-7-15/h2-3H,1,4-9H2,(H,14,16)(H,17,18). The van der Waals surface area contributed by atoms with Crippen LogP contribution in [-0.4, -0.2) is 61.3 Å². The lowest BCUT2D eigenvalue weighted by molar-refractivity contribution is 0.0374. The Morgan fingerprint density at radius 2 is 2.00 bits per heavy atom. The molecule has 0 radical (unpaired) electrons. The minimum atomic E-state index is -0.999. The molecule has 0 atom stereocenters. The summed E-state index contributed by atoms with van der Waals surface area (Å²) in [6.45, 7) is 4.98. The summed E-state index contributed by atoms with van der Waals surface area (Å²) in [5.74, 6) is -1.20. The highest BCUT2D eigenvalue weighted by atomic mass is 32.1. The smallest absolute Gasteiger partial charge is 0.345 e. The maximum atomic E-state index is 11.8. The van der Waals surface area contributed by atoms with Crippen LogP contribution in [0.2, 0.25) is 0 Å². The van der Waals surface area contributed by atoms with Gasteiger partial charge in [0.05, 0.1) is 18.1 Å². The maximum Gasteiger partial charge on any atom is 0.345 e. The van der Waals surface area contributed by atoms with E-state index in [1.54, 1.807) is 6.07 Å². The number of carbonyl (C=O) groups excluding carboxylic acids is 1. The van der Waals surface area contributed by atoms with Crippen LogP contribution >= 0.6 is 11.3 Å². The molecule has 1 aliphatic heterocycles. The average Bonchev–Trinajstić information content (AvgIpc) is 2.94. The summed E-state index contributed by atoms with van der Waals surface area (Å²) in [6.07, 6.45) is 0.878. The first kappa shape index (κ1) is 15.0. The van der Waals surface area contributed by atoms with Crippen LogP contribution in [0.15, 0.2) is 12.1 Å². The van der Waals surface area contributed by atoms with Crippen molar-refractivity contribution in [3.63, 3.8) is 0 Å². The van der Waals surface area contributed by atoms with Crippen molar-refractivity contribution in [1.29, 1.82) is 0 Å². The summed E-state index contributed by atoms with van der Waals surface area (Å²) in [6, 6.07) is 3.00. The summed E-state index contributed by atoms with van der Waals surface area (Å²) in [5, 5.41) is 11.6. The second-order valence-electron chi connectivity index (χ2n) is 4.53. The van der Waals surface area contributed by atoms with Crippen LogP contribution in [0.3, 0.4) is 0 Å². The van der Waals surface area contributed by atoms with Gasteiger partial charge in [0.15, 0.2) is 0 Å². The van der Waals surface area contributed by atoms with Gasteiger partial charge in [-0.25, -0.2) is 4.79 Å². The minimum absolute atomic E-state index is 0.184. The fraction of sp³-hybridized carbons (Fsp3) is 0.538. The summed E-state index contributed by atoms with van der Waals surface area (Å²) in [5.41, 5.74) is 0. The van der Waals surface area contributed by atoms with E-state index in [1.807, 2.05) is 0 Å². The third-order valence-corrected chi connectivity index (χ3v) is 4.15. The van der Waals surface area contributed by atoms with Crippen molar-refractivity contribution in [2.24, 2.45) is 0 Å². The lowest BCUT2D eigenvalue weighted by Gasteiger charge is -2.26. The number of hydrogen-bond donors (Lipinski definition) is 2. The monoisotopic (exact) mass is 298 g/mol. The van der Waals surface area contributed by atoms with Crippen LogP contribution in [0, 0.1) is 0 Å². The van der Waals surface area contributed by atoms with E-state index in [0.29, 0.717) is 11.4 Å². The lowest BCUT2D eigenvalue weighted by atomic mass is 10.3.